The molecule has 0 saturated carbocycles. The third kappa shape index (κ3) is 7.66. The number of anilines is 1. The molecule has 0 aliphatic carbocycles. The fourth-order valence-corrected chi connectivity index (χ4v) is 2.00. The maximum atomic E-state index is 4.33. The van der Waals surface area contributed by atoms with Crippen molar-refractivity contribution in [2.24, 2.45) is 0 Å². The molecular weight excluding hydrogens is 232 g/mol. The van der Waals surface area contributed by atoms with Gasteiger partial charge in [-0.1, -0.05) is 37.5 Å². The van der Waals surface area contributed by atoms with E-state index >= 15 is 0 Å². The largest absolute Gasteiger partial charge is 0.370 e. The van der Waals surface area contributed by atoms with Gasteiger partial charge >= 0.3 is 0 Å². The van der Waals surface area contributed by atoms with Crippen molar-refractivity contribution in [1.29, 1.82) is 0 Å². The van der Waals surface area contributed by atoms with Crippen LogP contribution in [-0.2, 0) is 0 Å². The number of rotatable bonds is 9. The molecule has 106 valence electrons. The Labute approximate surface area is 118 Å². The summed E-state index contributed by atoms with van der Waals surface area (Å²) >= 11 is 0. The summed E-state index contributed by atoms with van der Waals surface area (Å²) in [5.74, 6) is 0.981. The van der Waals surface area contributed by atoms with E-state index in [0.717, 1.165) is 18.8 Å². The van der Waals surface area contributed by atoms with Crippen LogP contribution in [0, 0.1) is 6.92 Å². The van der Waals surface area contributed by atoms with E-state index in [1.54, 1.807) is 5.57 Å². The van der Waals surface area contributed by atoms with Crippen LogP contribution in [0.15, 0.2) is 30.0 Å². The summed E-state index contributed by atoms with van der Waals surface area (Å²) < 4.78 is 0. The highest BCUT2D eigenvalue weighted by molar-refractivity contribution is 5.34. The van der Waals surface area contributed by atoms with Gasteiger partial charge in [-0.2, -0.15) is 0 Å². The van der Waals surface area contributed by atoms with Crippen molar-refractivity contribution in [2.75, 3.05) is 11.9 Å². The number of allylic oxidation sites excluding steroid dienone is 2. The van der Waals surface area contributed by atoms with Gasteiger partial charge in [-0.3, -0.25) is 0 Å². The lowest BCUT2D eigenvalue weighted by Gasteiger charge is -2.05. The molecule has 0 bridgehead atoms. The van der Waals surface area contributed by atoms with Crippen molar-refractivity contribution in [3.8, 4) is 0 Å². The van der Waals surface area contributed by atoms with E-state index in [1.165, 1.54) is 37.7 Å². The number of hydrogen-bond acceptors (Lipinski definition) is 2. The quantitative estimate of drug-likeness (QED) is 0.493. The van der Waals surface area contributed by atoms with Gasteiger partial charge in [-0.15, -0.1) is 0 Å². The summed E-state index contributed by atoms with van der Waals surface area (Å²) in [4.78, 5) is 4.33. The Morgan fingerprint density at radius 2 is 2.11 bits per heavy atom. The minimum absolute atomic E-state index is 0.981. The summed E-state index contributed by atoms with van der Waals surface area (Å²) in [5, 5.41) is 3.36. The Hall–Kier alpha value is -1.31. The fourth-order valence-electron chi connectivity index (χ4n) is 2.00. The Balaban J connectivity index is 2.10. The zero-order valence-electron chi connectivity index (χ0n) is 12.7. The third-order valence-corrected chi connectivity index (χ3v) is 3.27. The van der Waals surface area contributed by atoms with Crippen LogP contribution in [0.5, 0.6) is 0 Å². The van der Waals surface area contributed by atoms with E-state index in [2.05, 4.69) is 43.2 Å². The Morgan fingerprint density at radius 3 is 2.79 bits per heavy atom. The average Bonchev–Trinajstić information content (AvgIpc) is 2.41. The topological polar surface area (TPSA) is 24.9 Å². The van der Waals surface area contributed by atoms with Gasteiger partial charge in [0, 0.05) is 12.7 Å². The Morgan fingerprint density at radius 1 is 1.26 bits per heavy atom. The molecule has 0 fully saturated rings. The van der Waals surface area contributed by atoms with E-state index in [9.17, 15) is 0 Å². The lowest BCUT2D eigenvalue weighted by Crippen LogP contribution is -2.02. The van der Waals surface area contributed by atoms with E-state index in [-0.39, 0.29) is 0 Å². The molecule has 0 saturated heterocycles. The third-order valence-electron chi connectivity index (χ3n) is 3.27. The summed E-state index contributed by atoms with van der Waals surface area (Å²) in [5.41, 5.74) is 2.75. The summed E-state index contributed by atoms with van der Waals surface area (Å²) in [7, 11) is 0. The minimum atomic E-state index is 0.981. The molecule has 19 heavy (non-hydrogen) atoms. The molecule has 0 spiro atoms. The molecule has 0 unspecified atom stereocenters. The van der Waals surface area contributed by atoms with E-state index < -0.39 is 0 Å². The van der Waals surface area contributed by atoms with Crippen LogP contribution < -0.4 is 5.32 Å². The van der Waals surface area contributed by atoms with Crippen molar-refractivity contribution >= 4 is 5.82 Å². The maximum Gasteiger partial charge on any atom is 0.125 e. The Kier molecular flexibility index (Phi) is 7.95. The lowest BCUT2D eigenvalue weighted by molar-refractivity contribution is 0.710. The van der Waals surface area contributed by atoms with Gasteiger partial charge in [0.15, 0.2) is 0 Å². The zero-order chi connectivity index (χ0) is 13.9. The minimum Gasteiger partial charge on any atom is -0.370 e. The molecule has 0 aliphatic rings. The van der Waals surface area contributed by atoms with Crippen LogP contribution in [-0.4, -0.2) is 11.5 Å². The molecule has 1 heterocycles. The fraction of sp³-hybridized carbons (Fsp3) is 0.588. The molecule has 1 aromatic heterocycles. The van der Waals surface area contributed by atoms with Crippen LogP contribution in [0.25, 0.3) is 0 Å². The van der Waals surface area contributed by atoms with E-state index in [1.807, 2.05) is 12.3 Å². The van der Waals surface area contributed by atoms with Gasteiger partial charge in [-0.05, 0) is 51.2 Å². The van der Waals surface area contributed by atoms with Crippen LogP contribution in [0.3, 0.4) is 0 Å². The molecule has 1 rings (SSSR count). The highest BCUT2D eigenvalue weighted by Gasteiger charge is 1.93. The summed E-state index contributed by atoms with van der Waals surface area (Å²) in [6.45, 7) is 7.56. The molecular formula is C17H28N2. The van der Waals surface area contributed by atoms with Crippen molar-refractivity contribution in [2.45, 2.75) is 59.3 Å². The van der Waals surface area contributed by atoms with Gasteiger partial charge in [0.25, 0.3) is 0 Å². The van der Waals surface area contributed by atoms with Gasteiger partial charge in [0.05, 0.1) is 0 Å². The molecule has 0 aliphatic heterocycles. The van der Waals surface area contributed by atoms with Gasteiger partial charge in [-0.25, -0.2) is 4.98 Å². The smallest absolute Gasteiger partial charge is 0.125 e. The van der Waals surface area contributed by atoms with E-state index in [0.29, 0.717) is 0 Å². The first kappa shape index (κ1) is 15.7. The number of aryl methyl sites for hydroxylation is 1. The van der Waals surface area contributed by atoms with Gasteiger partial charge in [0.2, 0.25) is 0 Å². The molecule has 0 radical (unpaired) electrons. The van der Waals surface area contributed by atoms with Crippen molar-refractivity contribution in [3.63, 3.8) is 0 Å². The molecule has 2 heteroatoms. The zero-order valence-corrected chi connectivity index (χ0v) is 12.7. The number of aromatic nitrogens is 1. The van der Waals surface area contributed by atoms with Crippen LogP contribution in [0.1, 0.15) is 57.9 Å². The normalized spacial score (nSPS) is 11.6. The van der Waals surface area contributed by atoms with Crippen molar-refractivity contribution in [3.05, 3.63) is 35.5 Å². The first-order valence-electron chi connectivity index (χ1n) is 7.54. The number of nitrogens with zero attached hydrogens (tertiary/aromatic N) is 1. The highest BCUT2D eigenvalue weighted by Crippen LogP contribution is 2.10. The predicted octanol–water partition coefficient (Wildman–Crippen LogP) is 5.11. The standard InChI is InChI=1S/C17H28N2/c1-4-5-6-9-15(2)10-7-8-13-18-17-12-11-16(3)14-19-17/h10-12,14H,4-9,13H2,1-3H3,(H,18,19). The first-order valence-corrected chi connectivity index (χ1v) is 7.54. The second-order valence-corrected chi connectivity index (χ2v) is 5.30. The van der Waals surface area contributed by atoms with Crippen molar-refractivity contribution in [1.82, 2.24) is 4.98 Å². The monoisotopic (exact) mass is 260 g/mol. The van der Waals surface area contributed by atoms with Gasteiger partial charge in [0.1, 0.15) is 5.82 Å². The predicted molar refractivity (Wildman–Crippen MR) is 84.6 cm³/mol. The average molecular weight is 260 g/mol. The Bertz CT molecular complexity index is 365. The molecule has 1 aromatic rings. The highest BCUT2D eigenvalue weighted by atomic mass is 15.0. The molecule has 0 atom stereocenters. The van der Waals surface area contributed by atoms with Crippen LogP contribution >= 0.6 is 0 Å². The van der Waals surface area contributed by atoms with E-state index in [4.69, 9.17) is 0 Å². The molecule has 0 aromatic carbocycles. The number of pyridine rings is 1. The number of nitrogens with one attached hydrogen (secondary N) is 1. The lowest BCUT2D eigenvalue weighted by atomic mass is 10.1. The second kappa shape index (κ2) is 9.60. The first-order chi connectivity index (χ1) is 9.22. The van der Waals surface area contributed by atoms with Gasteiger partial charge < -0.3 is 5.32 Å². The molecule has 2 nitrogen and oxygen atoms in total. The molecule has 0 amide bonds. The molecule has 1 N–H and O–H groups in total. The second-order valence-electron chi connectivity index (χ2n) is 5.30. The van der Waals surface area contributed by atoms with Crippen LogP contribution in [0.2, 0.25) is 0 Å². The number of unbranched alkanes of at least 4 members (excludes halogenated alkanes) is 3. The van der Waals surface area contributed by atoms with Crippen molar-refractivity contribution < 1.29 is 0 Å². The van der Waals surface area contributed by atoms with Crippen LogP contribution in [0.4, 0.5) is 5.82 Å². The summed E-state index contributed by atoms with van der Waals surface area (Å²) in [6, 6.07) is 4.13. The maximum absolute atomic E-state index is 4.33. The summed E-state index contributed by atoms with van der Waals surface area (Å²) in [6.07, 6.45) is 11.9. The SMILES string of the molecule is CCCCCC(C)=CCCCNc1ccc(C)cn1. The number of hydrogen-bond donors (Lipinski definition) is 1.